The lowest BCUT2D eigenvalue weighted by molar-refractivity contribution is 0.0602. The zero-order valence-electron chi connectivity index (χ0n) is 16.0. The van der Waals surface area contributed by atoms with Crippen molar-refractivity contribution in [1.82, 2.24) is 9.97 Å². The molecule has 0 saturated carbocycles. The van der Waals surface area contributed by atoms with E-state index >= 15 is 0 Å². The standard InChI is InChI=1S/C22H20N4O3/c1-29-22(28)16-9-3-4-10-17(16)25-21(27)18-13-24-20(14-23-18)26-12-6-8-15-7-2-5-11-19(15)26/h2-5,7,9-11,13-14H,6,8,12H2,1H3,(H,25,27). The van der Waals surface area contributed by atoms with Crippen LogP contribution in [0.5, 0.6) is 0 Å². The molecule has 0 atom stereocenters. The first-order chi connectivity index (χ1) is 14.2. The lowest BCUT2D eigenvalue weighted by Crippen LogP contribution is -2.25. The first kappa shape index (κ1) is 18.6. The summed E-state index contributed by atoms with van der Waals surface area (Å²) in [7, 11) is 1.30. The summed E-state index contributed by atoms with van der Waals surface area (Å²) in [4.78, 5) is 35.3. The van der Waals surface area contributed by atoms with E-state index in [1.165, 1.54) is 18.9 Å². The van der Waals surface area contributed by atoms with Crippen molar-refractivity contribution < 1.29 is 14.3 Å². The second-order valence-corrected chi connectivity index (χ2v) is 6.64. The maximum absolute atomic E-state index is 12.6. The number of esters is 1. The molecule has 1 amide bonds. The molecular formula is C22H20N4O3. The zero-order chi connectivity index (χ0) is 20.2. The van der Waals surface area contributed by atoms with Crippen LogP contribution in [0.1, 0.15) is 32.8 Å². The van der Waals surface area contributed by atoms with Crippen LogP contribution >= 0.6 is 0 Å². The van der Waals surface area contributed by atoms with Crippen LogP contribution < -0.4 is 10.2 Å². The van der Waals surface area contributed by atoms with Gasteiger partial charge in [-0.25, -0.2) is 14.8 Å². The molecule has 146 valence electrons. The van der Waals surface area contributed by atoms with Crippen molar-refractivity contribution in [3.8, 4) is 0 Å². The number of aryl methyl sites for hydroxylation is 1. The number of anilines is 3. The van der Waals surface area contributed by atoms with Crippen LogP contribution in [-0.2, 0) is 11.2 Å². The van der Waals surface area contributed by atoms with Crippen molar-refractivity contribution in [2.45, 2.75) is 12.8 Å². The number of nitrogens with zero attached hydrogens (tertiary/aromatic N) is 3. The summed E-state index contributed by atoms with van der Waals surface area (Å²) in [6.45, 7) is 0.851. The van der Waals surface area contributed by atoms with Crippen molar-refractivity contribution >= 4 is 29.1 Å². The fourth-order valence-electron chi connectivity index (χ4n) is 3.42. The molecule has 1 aliphatic rings. The number of fused-ring (bicyclic) bond motifs is 1. The Morgan fingerprint density at radius 3 is 2.62 bits per heavy atom. The molecule has 1 N–H and O–H groups in total. The van der Waals surface area contributed by atoms with E-state index in [4.69, 9.17) is 4.74 Å². The molecule has 0 bridgehead atoms. The summed E-state index contributed by atoms with van der Waals surface area (Å²) in [5, 5.41) is 2.70. The van der Waals surface area contributed by atoms with Crippen LogP contribution in [0.4, 0.5) is 17.2 Å². The number of amides is 1. The lowest BCUT2D eigenvalue weighted by Gasteiger charge is -2.30. The topological polar surface area (TPSA) is 84.4 Å². The predicted octanol–water partition coefficient (Wildman–Crippen LogP) is 3.60. The highest BCUT2D eigenvalue weighted by Crippen LogP contribution is 2.31. The molecule has 0 unspecified atom stereocenters. The Balaban J connectivity index is 1.54. The van der Waals surface area contributed by atoms with Gasteiger partial charge in [-0.1, -0.05) is 30.3 Å². The molecule has 0 radical (unpaired) electrons. The van der Waals surface area contributed by atoms with Gasteiger partial charge in [-0.3, -0.25) is 4.79 Å². The van der Waals surface area contributed by atoms with E-state index in [0.29, 0.717) is 11.5 Å². The van der Waals surface area contributed by atoms with Crippen LogP contribution in [0.25, 0.3) is 0 Å². The Hall–Kier alpha value is -3.74. The van der Waals surface area contributed by atoms with Crippen molar-refractivity contribution in [3.05, 3.63) is 77.7 Å². The minimum Gasteiger partial charge on any atom is -0.465 e. The largest absolute Gasteiger partial charge is 0.465 e. The van der Waals surface area contributed by atoms with Crippen molar-refractivity contribution in [1.29, 1.82) is 0 Å². The molecule has 29 heavy (non-hydrogen) atoms. The molecule has 0 aliphatic carbocycles. The molecule has 4 rings (SSSR count). The highest BCUT2D eigenvalue weighted by atomic mass is 16.5. The molecule has 0 fully saturated rings. The van der Waals surface area contributed by atoms with Crippen LogP contribution in [0, 0.1) is 0 Å². The summed E-state index contributed by atoms with van der Waals surface area (Å²) in [5.41, 5.74) is 3.20. The minimum absolute atomic E-state index is 0.165. The van der Waals surface area contributed by atoms with E-state index in [9.17, 15) is 9.59 Å². The van der Waals surface area contributed by atoms with Gasteiger partial charge < -0.3 is 15.0 Å². The summed E-state index contributed by atoms with van der Waals surface area (Å²) in [6.07, 6.45) is 5.12. The van der Waals surface area contributed by atoms with Gasteiger partial charge in [0.05, 0.1) is 30.8 Å². The molecule has 2 aromatic carbocycles. The molecule has 0 spiro atoms. The fourth-order valence-corrected chi connectivity index (χ4v) is 3.42. The third-order valence-corrected chi connectivity index (χ3v) is 4.84. The second-order valence-electron chi connectivity index (χ2n) is 6.64. The molecule has 2 heterocycles. The normalized spacial score (nSPS) is 12.8. The number of para-hydroxylation sites is 2. The lowest BCUT2D eigenvalue weighted by atomic mass is 10.0. The number of aromatic nitrogens is 2. The van der Waals surface area contributed by atoms with Gasteiger partial charge in [-0.05, 0) is 36.6 Å². The molecule has 0 saturated heterocycles. The van der Waals surface area contributed by atoms with Gasteiger partial charge in [-0.15, -0.1) is 0 Å². The van der Waals surface area contributed by atoms with E-state index < -0.39 is 11.9 Å². The number of carbonyl (C=O) groups is 2. The SMILES string of the molecule is COC(=O)c1ccccc1NC(=O)c1cnc(N2CCCc3ccccc32)cn1. The van der Waals surface area contributed by atoms with Crippen LogP contribution in [-0.4, -0.2) is 35.5 Å². The van der Waals surface area contributed by atoms with E-state index in [1.54, 1.807) is 30.5 Å². The van der Waals surface area contributed by atoms with E-state index in [2.05, 4.69) is 32.3 Å². The van der Waals surface area contributed by atoms with Gasteiger partial charge in [-0.2, -0.15) is 0 Å². The fraction of sp³-hybridized carbons (Fsp3) is 0.182. The summed E-state index contributed by atoms with van der Waals surface area (Å²) in [5.74, 6) is -0.269. The van der Waals surface area contributed by atoms with Crippen molar-refractivity contribution in [2.24, 2.45) is 0 Å². The quantitative estimate of drug-likeness (QED) is 0.688. The molecule has 7 heteroatoms. The third kappa shape index (κ3) is 3.80. The summed E-state index contributed by atoms with van der Waals surface area (Å²) in [6, 6.07) is 14.9. The van der Waals surface area contributed by atoms with Gasteiger partial charge >= 0.3 is 5.97 Å². The molecule has 1 aromatic heterocycles. The molecule has 1 aliphatic heterocycles. The van der Waals surface area contributed by atoms with E-state index in [0.717, 1.165) is 25.1 Å². The highest BCUT2D eigenvalue weighted by molar-refractivity contribution is 6.07. The average molecular weight is 388 g/mol. The van der Waals surface area contributed by atoms with Crippen molar-refractivity contribution in [2.75, 3.05) is 23.9 Å². The Labute approximate surface area is 168 Å². The second kappa shape index (κ2) is 8.10. The van der Waals surface area contributed by atoms with Gasteiger partial charge in [0.25, 0.3) is 5.91 Å². The molecule has 3 aromatic rings. The third-order valence-electron chi connectivity index (χ3n) is 4.84. The maximum atomic E-state index is 12.6. The number of ether oxygens (including phenoxy) is 1. The first-order valence-electron chi connectivity index (χ1n) is 9.33. The summed E-state index contributed by atoms with van der Waals surface area (Å²) >= 11 is 0. The van der Waals surface area contributed by atoms with Gasteiger partial charge in [0, 0.05) is 12.2 Å². The highest BCUT2D eigenvalue weighted by Gasteiger charge is 2.20. The molecule has 7 nitrogen and oxygen atoms in total. The number of carbonyl (C=O) groups excluding carboxylic acids is 2. The maximum Gasteiger partial charge on any atom is 0.339 e. The van der Waals surface area contributed by atoms with E-state index in [-0.39, 0.29) is 11.3 Å². The smallest absolute Gasteiger partial charge is 0.339 e. The Morgan fingerprint density at radius 1 is 1.03 bits per heavy atom. The number of benzene rings is 2. The van der Waals surface area contributed by atoms with Gasteiger partial charge in [0.15, 0.2) is 5.82 Å². The predicted molar refractivity (Wildman–Crippen MR) is 110 cm³/mol. The Morgan fingerprint density at radius 2 is 1.83 bits per heavy atom. The Kier molecular flexibility index (Phi) is 5.20. The number of methoxy groups -OCH3 is 1. The van der Waals surface area contributed by atoms with E-state index in [1.807, 2.05) is 12.1 Å². The minimum atomic E-state index is -0.522. The van der Waals surface area contributed by atoms with Crippen LogP contribution in [0.2, 0.25) is 0 Å². The number of rotatable bonds is 4. The number of hydrogen-bond acceptors (Lipinski definition) is 6. The number of nitrogens with one attached hydrogen (secondary N) is 1. The van der Waals surface area contributed by atoms with Gasteiger partial charge in [0.1, 0.15) is 5.69 Å². The monoisotopic (exact) mass is 388 g/mol. The Bertz CT molecular complexity index is 1050. The molecular weight excluding hydrogens is 368 g/mol. The zero-order valence-corrected chi connectivity index (χ0v) is 16.0. The number of hydrogen-bond donors (Lipinski definition) is 1. The van der Waals surface area contributed by atoms with Crippen LogP contribution in [0.3, 0.4) is 0 Å². The summed E-state index contributed by atoms with van der Waals surface area (Å²) < 4.78 is 4.75. The van der Waals surface area contributed by atoms with Crippen LogP contribution in [0.15, 0.2) is 60.9 Å². The first-order valence-corrected chi connectivity index (χ1v) is 9.33. The van der Waals surface area contributed by atoms with Gasteiger partial charge in [0.2, 0.25) is 0 Å². The average Bonchev–Trinajstić information content (AvgIpc) is 2.78. The van der Waals surface area contributed by atoms with Crippen molar-refractivity contribution in [3.63, 3.8) is 0 Å².